The highest BCUT2D eigenvalue weighted by Gasteiger charge is 2.50. The average molecular weight is 476 g/mol. The first-order valence-corrected chi connectivity index (χ1v) is 11.2. The lowest BCUT2D eigenvalue weighted by molar-refractivity contribution is -0.0704. The van der Waals surface area contributed by atoms with Crippen molar-refractivity contribution in [1.82, 2.24) is 29.9 Å². The molecule has 2 aromatic heterocycles. The van der Waals surface area contributed by atoms with Crippen molar-refractivity contribution in [2.24, 2.45) is 0 Å². The summed E-state index contributed by atoms with van der Waals surface area (Å²) < 4.78 is 46.3. The lowest BCUT2D eigenvalue weighted by Crippen LogP contribution is -2.41. The van der Waals surface area contributed by atoms with Crippen LogP contribution < -0.4 is 0 Å². The summed E-state index contributed by atoms with van der Waals surface area (Å²) in [6.07, 6.45) is 9.04. The number of rotatable bonds is 6. The fourth-order valence-corrected chi connectivity index (χ4v) is 5.04. The zero-order valence-electron chi connectivity index (χ0n) is 16.8. The fraction of sp³-hybridized carbons (Fsp3) is 0.333. The van der Waals surface area contributed by atoms with Crippen molar-refractivity contribution >= 4 is 33.6 Å². The van der Waals surface area contributed by atoms with Crippen LogP contribution in [0.1, 0.15) is 11.8 Å². The van der Waals surface area contributed by atoms with Crippen LogP contribution in [0, 0.1) is 0 Å². The maximum absolute atomic E-state index is 12.8. The van der Waals surface area contributed by atoms with Crippen LogP contribution in [0.15, 0.2) is 45.9 Å². The summed E-state index contributed by atoms with van der Waals surface area (Å²) in [5, 5.41) is 1.38. The third kappa shape index (κ3) is 3.20. The minimum atomic E-state index is -4.88. The van der Waals surface area contributed by atoms with Crippen LogP contribution in [0.25, 0.3) is 11.1 Å². The van der Waals surface area contributed by atoms with Crippen molar-refractivity contribution in [3.05, 3.63) is 48.9 Å². The van der Waals surface area contributed by atoms with E-state index >= 15 is 0 Å². The topological polar surface area (TPSA) is 152 Å². The Morgan fingerprint density at radius 2 is 1.27 bits per heavy atom. The zero-order chi connectivity index (χ0) is 22.7. The van der Waals surface area contributed by atoms with Crippen molar-refractivity contribution in [2.75, 3.05) is 26.2 Å². The number of fused-ring (bicyclic) bond motifs is 4. The molecule has 172 valence electrons. The van der Waals surface area contributed by atoms with Crippen molar-refractivity contribution < 1.29 is 35.4 Å². The van der Waals surface area contributed by atoms with Crippen LogP contribution in [0.5, 0.6) is 0 Å². The van der Waals surface area contributed by atoms with E-state index in [1.807, 2.05) is 0 Å². The molecule has 6 rings (SSSR count). The quantitative estimate of drug-likeness (QED) is 0.575. The molecule has 2 atom stereocenters. The smallest absolute Gasteiger partial charge is 0.442 e. The summed E-state index contributed by atoms with van der Waals surface area (Å²) in [4.78, 5) is 36.3. The minimum Gasteiger partial charge on any atom is -0.445 e. The molecule has 2 saturated heterocycles. The van der Waals surface area contributed by atoms with Gasteiger partial charge in [0.05, 0.1) is 25.5 Å². The zero-order valence-corrected chi connectivity index (χ0v) is 17.6. The van der Waals surface area contributed by atoms with Crippen LogP contribution >= 0.6 is 0 Å². The molecule has 4 amide bonds. The molecule has 4 bridgehead atoms. The van der Waals surface area contributed by atoms with Gasteiger partial charge in [-0.1, -0.05) is 12.2 Å². The number of urea groups is 2. The second kappa shape index (κ2) is 7.16. The molecule has 0 aliphatic carbocycles. The summed E-state index contributed by atoms with van der Waals surface area (Å²) >= 11 is 0. The number of amides is 4. The second-order valence-electron chi connectivity index (χ2n) is 7.61. The van der Waals surface area contributed by atoms with E-state index in [1.54, 1.807) is 12.2 Å². The largest absolute Gasteiger partial charge is 0.445 e. The van der Waals surface area contributed by atoms with Gasteiger partial charge in [0.15, 0.2) is 0 Å². The molecule has 0 aromatic carbocycles. The Kier molecular flexibility index (Phi) is 4.33. The van der Waals surface area contributed by atoms with Crippen LogP contribution in [0.3, 0.4) is 0 Å². The molecule has 4 aliphatic heterocycles. The Morgan fingerprint density at radius 1 is 0.818 bits per heavy atom. The maximum atomic E-state index is 12.8. The molecule has 0 saturated carbocycles. The van der Waals surface area contributed by atoms with E-state index in [0.717, 1.165) is 0 Å². The standard InChI is InChI=1S/C18H16N6O8S/c25-17-21-5-1-11(15-19-3-7-29-15)13(9-21)23(17)31-33(27,28)32-24-14-10-22(18(24)26)6-2-12(14)16-20-4-8-30-16/h1-4,7-8,13-14H,5-6,9-10H2. The van der Waals surface area contributed by atoms with Crippen LogP contribution in [0.4, 0.5) is 9.59 Å². The summed E-state index contributed by atoms with van der Waals surface area (Å²) in [7, 11) is -4.88. The molecule has 2 unspecified atom stereocenters. The minimum absolute atomic E-state index is 0.179. The SMILES string of the molecule is O=C1N2CC=C(c3ncco3)C(C2)N1OS(=O)(=O)ON1C(=O)N2CC=C(c3ncco3)C1C2. The number of hydrogen-bond acceptors (Lipinski definition) is 10. The van der Waals surface area contributed by atoms with Gasteiger partial charge in [0.1, 0.15) is 24.6 Å². The number of aromatic nitrogens is 2. The van der Waals surface area contributed by atoms with Gasteiger partial charge in [0, 0.05) is 24.2 Å². The van der Waals surface area contributed by atoms with Crippen LogP contribution in [0.2, 0.25) is 0 Å². The molecular weight excluding hydrogens is 460 g/mol. The van der Waals surface area contributed by atoms with Crippen molar-refractivity contribution in [3.8, 4) is 0 Å². The predicted octanol–water partition coefficient (Wildman–Crippen LogP) is 0.477. The highest BCUT2D eigenvalue weighted by atomic mass is 32.3. The number of carbonyl (C=O) groups is 2. The Labute approximate surface area is 186 Å². The Morgan fingerprint density at radius 3 is 1.67 bits per heavy atom. The summed E-state index contributed by atoms with van der Waals surface area (Å²) in [5.74, 6) is 0.497. The second-order valence-corrected chi connectivity index (χ2v) is 8.72. The molecule has 33 heavy (non-hydrogen) atoms. The van der Waals surface area contributed by atoms with E-state index in [2.05, 4.69) is 9.97 Å². The Hall–Kier alpha value is -3.69. The first-order valence-electron chi connectivity index (χ1n) is 9.91. The van der Waals surface area contributed by atoms with Gasteiger partial charge in [-0.2, -0.15) is 18.5 Å². The van der Waals surface area contributed by atoms with Crippen molar-refractivity contribution in [2.45, 2.75) is 12.1 Å². The van der Waals surface area contributed by atoms with Crippen molar-refractivity contribution in [1.29, 1.82) is 0 Å². The lowest BCUT2D eigenvalue weighted by atomic mass is 10.0. The first-order chi connectivity index (χ1) is 15.9. The predicted molar refractivity (Wildman–Crippen MR) is 105 cm³/mol. The number of oxazole rings is 2. The van der Waals surface area contributed by atoms with Crippen molar-refractivity contribution in [3.63, 3.8) is 0 Å². The fourth-order valence-electron chi connectivity index (χ4n) is 4.28. The average Bonchev–Trinajstić information content (AvgIpc) is 3.60. The molecule has 4 aliphatic rings. The molecule has 6 heterocycles. The number of nitrogens with zero attached hydrogens (tertiary/aromatic N) is 6. The Bertz CT molecular complexity index is 1180. The maximum Gasteiger partial charge on any atom is 0.442 e. The molecule has 14 nitrogen and oxygen atoms in total. The van der Waals surface area contributed by atoms with Gasteiger partial charge in [0.25, 0.3) is 0 Å². The van der Waals surface area contributed by atoms with E-state index < -0.39 is 34.5 Å². The van der Waals surface area contributed by atoms with E-state index in [-0.39, 0.29) is 38.0 Å². The third-order valence-electron chi connectivity index (χ3n) is 5.75. The van der Waals surface area contributed by atoms with Gasteiger partial charge in [-0.25, -0.2) is 19.6 Å². The lowest BCUT2D eigenvalue weighted by Gasteiger charge is -2.25. The molecule has 2 aromatic rings. The normalized spacial score (nSPS) is 24.6. The van der Waals surface area contributed by atoms with Gasteiger partial charge in [0.2, 0.25) is 11.8 Å². The van der Waals surface area contributed by atoms with Gasteiger partial charge in [-0.15, -0.1) is 8.57 Å². The van der Waals surface area contributed by atoms with Gasteiger partial charge >= 0.3 is 22.5 Å². The molecular formula is C18H16N6O8S. The molecule has 2 fully saturated rings. The van der Waals surface area contributed by atoms with Gasteiger partial charge in [-0.3, -0.25) is 0 Å². The number of carbonyl (C=O) groups excluding carboxylic acids is 2. The van der Waals surface area contributed by atoms with E-state index in [4.69, 9.17) is 17.4 Å². The summed E-state index contributed by atoms with van der Waals surface area (Å²) in [6.45, 7) is 0.830. The van der Waals surface area contributed by atoms with E-state index in [9.17, 15) is 18.0 Å². The molecule has 15 heteroatoms. The summed E-state index contributed by atoms with van der Waals surface area (Å²) in [5.41, 5.74) is 1.01. The van der Waals surface area contributed by atoms with Gasteiger partial charge < -0.3 is 18.6 Å². The van der Waals surface area contributed by atoms with E-state index in [1.165, 1.54) is 34.7 Å². The first kappa shape index (κ1) is 20.0. The molecule has 0 spiro atoms. The van der Waals surface area contributed by atoms with Crippen LogP contribution in [-0.2, 0) is 19.0 Å². The molecule has 0 N–H and O–H groups in total. The molecule has 0 radical (unpaired) electrons. The number of hydrogen-bond donors (Lipinski definition) is 0. The highest BCUT2D eigenvalue weighted by molar-refractivity contribution is 7.81. The number of hydroxylamine groups is 4. The monoisotopic (exact) mass is 476 g/mol. The van der Waals surface area contributed by atoms with Crippen LogP contribution in [-0.4, -0.2) is 88.6 Å². The third-order valence-corrected chi connectivity index (χ3v) is 6.44. The highest BCUT2D eigenvalue weighted by Crippen LogP contribution is 2.35. The van der Waals surface area contributed by atoms with E-state index in [0.29, 0.717) is 21.3 Å². The Balaban J connectivity index is 1.23. The summed E-state index contributed by atoms with van der Waals surface area (Å²) in [6, 6.07) is -2.91. The van der Waals surface area contributed by atoms with Gasteiger partial charge in [-0.05, 0) is 0 Å².